The van der Waals surface area contributed by atoms with E-state index in [2.05, 4.69) is 9.88 Å². The lowest BCUT2D eigenvalue weighted by atomic mass is 10.00. The van der Waals surface area contributed by atoms with Crippen molar-refractivity contribution in [1.82, 2.24) is 4.98 Å². The minimum Gasteiger partial charge on any atom is -0.473 e. The number of hydrogen-bond acceptors (Lipinski definition) is 5. The number of aromatic nitrogens is 1. The molecular weight excluding hydrogens is 328 g/mol. The molecule has 3 rings (SSSR count). The monoisotopic (exact) mass is 352 g/mol. The summed E-state index contributed by atoms with van der Waals surface area (Å²) in [5.74, 6) is 1.19. The van der Waals surface area contributed by atoms with Gasteiger partial charge in [-0.25, -0.2) is 4.79 Å². The van der Waals surface area contributed by atoms with E-state index in [0.29, 0.717) is 18.1 Å². The van der Waals surface area contributed by atoms with E-state index in [9.17, 15) is 4.79 Å². The van der Waals surface area contributed by atoms with Gasteiger partial charge in [-0.3, -0.25) is 0 Å². The van der Waals surface area contributed by atoms with Gasteiger partial charge in [0.2, 0.25) is 5.88 Å². The molecule has 2 heterocycles. The van der Waals surface area contributed by atoms with Crippen LogP contribution in [0.3, 0.4) is 0 Å². The van der Waals surface area contributed by atoms with Crippen LogP contribution in [0.4, 0.5) is 5.82 Å². The molecule has 0 unspecified atom stereocenters. The molecule has 1 aliphatic heterocycles. The first-order chi connectivity index (χ1) is 12.7. The van der Waals surface area contributed by atoms with Gasteiger partial charge in [0, 0.05) is 19.2 Å². The summed E-state index contributed by atoms with van der Waals surface area (Å²) in [6, 6.07) is 13.5. The number of ether oxygens (including phenoxy) is 2. The Morgan fingerprint density at radius 3 is 2.65 bits per heavy atom. The van der Waals surface area contributed by atoms with Crippen molar-refractivity contribution in [2.75, 3.05) is 25.1 Å². The van der Waals surface area contributed by atoms with Crippen LogP contribution in [0.1, 0.15) is 30.9 Å². The standard InChI is InChI=1S/C21H24N2O3/c1-3-17(21(24)25-2)18-10-5-4-9-16(18)15-26-20-12-8-11-19(22-20)23-13-6-7-14-23/h3-5,8-12H,6-7,13-15H2,1-2H3. The number of carbonyl (C=O) groups excluding carboxylic acids is 1. The number of rotatable bonds is 6. The molecule has 1 aromatic heterocycles. The van der Waals surface area contributed by atoms with Gasteiger partial charge in [-0.2, -0.15) is 4.98 Å². The minimum atomic E-state index is -0.353. The van der Waals surface area contributed by atoms with E-state index in [1.807, 2.05) is 49.4 Å². The highest BCUT2D eigenvalue weighted by Crippen LogP contribution is 2.24. The number of allylic oxidation sites excluding steroid dienone is 1. The molecule has 0 saturated carbocycles. The molecule has 136 valence electrons. The summed E-state index contributed by atoms with van der Waals surface area (Å²) in [5.41, 5.74) is 2.27. The molecule has 0 aliphatic carbocycles. The summed E-state index contributed by atoms with van der Waals surface area (Å²) in [6.45, 7) is 4.25. The summed E-state index contributed by atoms with van der Waals surface area (Å²) >= 11 is 0. The fourth-order valence-electron chi connectivity index (χ4n) is 3.16. The molecule has 2 aromatic rings. The first kappa shape index (κ1) is 18.0. The van der Waals surface area contributed by atoms with E-state index in [1.165, 1.54) is 20.0 Å². The van der Waals surface area contributed by atoms with Crippen molar-refractivity contribution in [1.29, 1.82) is 0 Å². The van der Waals surface area contributed by atoms with Crippen LogP contribution in [-0.4, -0.2) is 31.2 Å². The highest BCUT2D eigenvalue weighted by Gasteiger charge is 2.16. The first-order valence-electron chi connectivity index (χ1n) is 8.90. The lowest BCUT2D eigenvalue weighted by Gasteiger charge is -2.17. The van der Waals surface area contributed by atoms with Crippen LogP contribution < -0.4 is 9.64 Å². The molecule has 5 nitrogen and oxygen atoms in total. The largest absolute Gasteiger partial charge is 0.473 e. The number of hydrogen-bond donors (Lipinski definition) is 0. The summed E-state index contributed by atoms with van der Waals surface area (Å²) in [7, 11) is 1.39. The highest BCUT2D eigenvalue weighted by atomic mass is 16.5. The number of carbonyl (C=O) groups is 1. The fourth-order valence-corrected chi connectivity index (χ4v) is 3.16. The number of nitrogens with zero attached hydrogens (tertiary/aromatic N) is 2. The molecular formula is C21H24N2O3. The average Bonchev–Trinajstić information content (AvgIpc) is 3.23. The van der Waals surface area contributed by atoms with Crippen molar-refractivity contribution in [3.05, 3.63) is 59.7 Å². The van der Waals surface area contributed by atoms with E-state index in [1.54, 1.807) is 6.08 Å². The van der Waals surface area contributed by atoms with Gasteiger partial charge >= 0.3 is 5.97 Å². The highest BCUT2D eigenvalue weighted by molar-refractivity contribution is 6.16. The molecule has 1 saturated heterocycles. The third kappa shape index (κ3) is 4.04. The lowest BCUT2D eigenvalue weighted by molar-refractivity contribution is -0.133. The molecule has 1 aliphatic rings. The van der Waals surface area contributed by atoms with Crippen LogP contribution in [0.15, 0.2) is 48.5 Å². The molecule has 5 heteroatoms. The topological polar surface area (TPSA) is 51.7 Å². The third-order valence-electron chi connectivity index (χ3n) is 4.52. The maximum Gasteiger partial charge on any atom is 0.338 e. The second-order valence-electron chi connectivity index (χ2n) is 6.17. The Labute approximate surface area is 154 Å². The van der Waals surface area contributed by atoms with Gasteiger partial charge in [0.1, 0.15) is 12.4 Å². The summed E-state index contributed by atoms with van der Waals surface area (Å²) in [5, 5.41) is 0. The Bertz CT molecular complexity index is 795. The predicted molar refractivity (Wildman–Crippen MR) is 102 cm³/mol. The predicted octanol–water partition coefficient (Wildman–Crippen LogP) is 3.84. The summed E-state index contributed by atoms with van der Waals surface area (Å²) < 4.78 is 10.8. The van der Waals surface area contributed by atoms with Gasteiger partial charge in [-0.05, 0) is 37.0 Å². The van der Waals surface area contributed by atoms with E-state index in [4.69, 9.17) is 9.47 Å². The number of anilines is 1. The zero-order valence-corrected chi connectivity index (χ0v) is 15.3. The van der Waals surface area contributed by atoms with Crippen molar-refractivity contribution in [3.8, 4) is 5.88 Å². The molecule has 26 heavy (non-hydrogen) atoms. The van der Waals surface area contributed by atoms with Gasteiger partial charge in [0.05, 0.1) is 12.7 Å². The van der Waals surface area contributed by atoms with Crippen LogP contribution in [0, 0.1) is 0 Å². The Balaban J connectivity index is 1.76. The maximum absolute atomic E-state index is 12.0. The second kappa shape index (κ2) is 8.52. The van der Waals surface area contributed by atoms with Crippen molar-refractivity contribution in [2.45, 2.75) is 26.4 Å². The summed E-state index contributed by atoms with van der Waals surface area (Å²) in [4.78, 5) is 18.9. The zero-order valence-electron chi connectivity index (χ0n) is 15.3. The Kier molecular flexibility index (Phi) is 5.89. The molecule has 0 bridgehead atoms. The van der Waals surface area contributed by atoms with Gasteiger partial charge in [-0.1, -0.05) is 36.4 Å². The van der Waals surface area contributed by atoms with Crippen molar-refractivity contribution in [2.24, 2.45) is 0 Å². The second-order valence-corrected chi connectivity index (χ2v) is 6.17. The molecule has 1 aromatic carbocycles. The molecule has 1 fully saturated rings. The number of methoxy groups -OCH3 is 1. The normalized spacial score (nSPS) is 14.4. The molecule has 0 amide bonds. The first-order valence-corrected chi connectivity index (χ1v) is 8.90. The molecule has 0 N–H and O–H groups in total. The van der Waals surface area contributed by atoms with Crippen molar-refractivity contribution in [3.63, 3.8) is 0 Å². The zero-order chi connectivity index (χ0) is 18.4. The quantitative estimate of drug-likeness (QED) is 0.584. The van der Waals surface area contributed by atoms with Gasteiger partial charge < -0.3 is 14.4 Å². The third-order valence-corrected chi connectivity index (χ3v) is 4.52. The van der Waals surface area contributed by atoms with Crippen LogP contribution in [0.5, 0.6) is 5.88 Å². The Hall–Kier alpha value is -2.82. The Morgan fingerprint density at radius 2 is 1.92 bits per heavy atom. The molecule has 0 atom stereocenters. The van der Waals surface area contributed by atoms with Crippen molar-refractivity contribution >= 4 is 17.4 Å². The smallest absolute Gasteiger partial charge is 0.338 e. The van der Waals surface area contributed by atoms with Gasteiger partial charge in [0.25, 0.3) is 0 Å². The number of benzene rings is 1. The fraction of sp³-hybridized carbons (Fsp3) is 0.333. The van der Waals surface area contributed by atoms with Crippen LogP contribution in [0.2, 0.25) is 0 Å². The lowest BCUT2D eigenvalue weighted by Crippen LogP contribution is -2.19. The van der Waals surface area contributed by atoms with Crippen molar-refractivity contribution < 1.29 is 14.3 Å². The van der Waals surface area contributed by atoms with Crippen LogP contribution in [-0.2, 0) is 16.1 Å². The Morgan fingerprint density at radius 1 is 1.15 bits per heavy atom. The summed E-state index contributed by atoms with van der Waals surface area (Å²) in [6.07, 6.45) is 4.18. The van der Waals surface area contributed by atoms with E-state index < -0.39 is 0 Å². The minimum absolute atomic E-state index is 0.334. The SMILES string of the molecule is CC=C(C(=O)OC)c1ccccc1COc1cccc(N2CCCC2)n1. The molecule has 0 spiro atoms. The van der Waals surface area contributed by atoms with Gasteiger partial charge in [-0.15, -0.1) is 0 Å². The van der Waals surface area contributed by atoms with E-state index in [-0.39, 0.29) is 5.97 Å². The van der Waals surface area contributed by atoms with E-state index >= 15 is 0 Å². The molecule has 0 radical (unpaired) electrons. The number of esters is 1. The van der Waals surface area contributed by atoms with Crippen LogP contribution in [0.25, 0.3) is 5.57 Å². The number of pyridine rings is 1. The maximum atomic E-state index is 12.0. The average molecular weight is 352 g/mol. The van der Waals surface area contributed by atoms with Crippen LogP contribution >= 0.6 is 0 Å². The van der Waals surface area contributed by atoms with Gasteiger partial charge in [0.15, 0.2) is 0 Å². The van der Waals surface area contributed by atoms with E-state index in [0.717, 1.165) is 30.0 Å².